The van der Waals surface area contributed by atoms with Crippen molar-refractivity contribution in [2.24, 2.45) is 0 Å². The topological polar surface area (TPSA) is 56.8 Å². The fraction of sp³-hybridized carbons (Fsp3) is 0.462. The van der Waals surface area contributed by atoms with E-state index >= 15 is 0 Å². The zero-order valence-corrected chi connectivity index (χ0v) is 12.6. The smallest absolute Gasteiger partial charge is 0.377 e. The van der Waals surface area contributed by atoms with Gasteiger partial charge in [0.25, 0.3) is 0 Å². The molecule has 6 heteroatoms. The molecule has 0 unspecified atom stereocenters. The molecule has 1 N–H and O–H groups in total. The van der Waals surface area contributed by atoms with Crippen LogP contribution in [-0.2, 0) is 18.1 Å². The number of nitrogens with one attached hydrogen (secondary N) is 1. The van der Waals surface area contributed by atoms with Crippen LogP contribution in [-0.4, -0.2) is 36.0 Å². The third-order valence-electron chi connectivity index (χ3n) is 2.88. The van der Waals surface area contributed by atoms with Gasteiger partial charge in [0.1, 0.15) is 0 Å². The standard InChI is InChI=1S/C13H21NO4Si/c1-16-19(17-2,18-3)11-7-10-13(15)14-12-8-5-4-6-9-12/h4-6,8-9H,7,10-11H2,1-3H3,(H,14,15). The van der Waals surface area contributed by atoms with E-state index in [-0.39, 0.29) is 5.91 Å². The highest BCUT2D eigenvalue weighted by Crippen LogP contribution is 2.16. The van der Waals surface area contributed by atoms with Crippen molar-refractivity contribution in [2.75, 3.05) is 26.6 Å². The van der Waals surface area contributed by atoms with E-state index in [2.05, 4.69) is 5.32 Å². The Morgan fingerprint density at radius 3 is 2.21 bits per heavy atom. The predicted octanol–water partition coefficient (Wildman–Crippen LogP) is 2.28. The third-order valence-corrected chi connectivity index (χ3v) is 5.71. The molecule has 106 valence electrons. The Balaban J connectivity index is 2.35. The van der Waals surface area contributed by atoms with E-state index in [1.165, 1.54) is 0 Å². The Bertz CT molecular complexity index is 373. The van der Waals surface area contributed by atoms with Crippen LogP contribution in [0, 0.1) is 0 Å². The molecule has 0 saturated carbocycles. The van der Waals surface area contributed by atoms with Crippen LogP contribution >= 0.6 is 0 Å². The Morgan fingerprint density at radius 1 is 1.11 bits per heavy atom. The summed E-state index contributed by atoms with van der Waals surface area (Å²) in [5.74, 6) is -0.0163. The van der Waals surface area contributed by atoms with Crippen LogP contribution in [0.2, 0.25) is 6.04 Å². The van der Waals surface area contributed by atoms with Crippen LogP contribution in [0.25, 0.3) is 0 Å². The van der Waals surface area contributed by atoms with Crippen LogP contribution in [0.3, 0.4) is 0 Å². The number of rotatable bonds is 8. The van der Waals surface area contributed by atoms with Gasteiger partial charge in [-0.3, -0.25) is 4.79 Å². The number of anilines is 1. The highest BCUT2D eigenvalue weighted by molar-refractivity contribution is 6.60. The minimum Gasteiger partial charge on any atom is -0.377 e. The van der Waals surface area contributed by atoms with E-state index in [9.17, 15) is 4.79 Å². The molecule has 0 fully saturated rings. The van der Waals surface area contributed by atoms with Gasteiger partial charge in [-0.15, -0.1) is 0 Å². The monoisotopic (exact) mass is 283 g/mol. The van der Waals surface area contributed by atoms with Crippen molar-refractivity contribution in [1.29, 1.82) is 0 Å². The molecule has 0 saturated heterocycles. The van der Waals surface area contributed by atoms with Gasteiger partial charge < -0.3 is 18.6 Å². The highest BCUT2D eigenvalue weighted by Gasteiger charge is 2.37. The van der Waals surface area contributed by atoms with Gasteiger partial charge in [-0.2, -0.15) is 0 Å². The maximum atomic E-state index is 11.7. The minimum absolute atomic E-state index is 0.0163. The van der Waals surface area contributed by atoms with E-state index in [0.29, 0.717) is 18.9 Å². The van der Waals surface area contributed by atoms with Crippen LogP contribution in [0.1, 0.15) is 12.8 Å². The minimum atomic E-state index is -2.56. The maximum absolute atomic E-state index is 11.7. The van der Waals surface area contributed by atoms with E-state index < -0.39 is 8.80 Å². The van der Waals surface area contributed by atoms with Crippen LogP contribution in [0.15, 0.2) is 30.3 Å². The molecule has 0 aliphatic rings. The second-order valence-electron chi connectivity index (χ2n) is 4.06. The molecule has 0 bridgehead atoms. The average molecular weight is 283 g/mol. The predicted molar refractivity (Wildman–Crippen MR) is 75.9 cm³/mol. The number of hydrogen-bond acceptors (Lipinski definition) is 4. The lowest BCUT2D eigenvalue weighted by atomic mass is 10.3. The summed E-state index contributed by atoms with van der Waals surface area (Å²) >= 11 is 0. The summed E-state index contributed by atoms with van der Waals surface area (Å²) in [7, 11) is 2.16. The zero-order valence-electron chi connectivity index (χ0n) is 11.6. The molecule has 0 aliphatic carbocycles. The Labute approximate surface area is 115 Å². The van der Waals surface area contributed by atoms with E-state index in [1.54, 1.807) is 21.3 Å². The normalized spacial score (nSPS) is 11.3. The largest absolute Gasteiger partial charge is 0.500 e. The Morgan fingerprint density at radius 2 is 1.68 bits per heavy atom. The van der Waals surface area contributed by atoms with Gasteiger partial charge >= 0.3 is 8.80 Å². The number of para-hydroxylation sites is 1. The molecule has 1 aromatic rings. The molecular weight excluding hydrogens is 262 g/mol. The molecule has 1 aromatic carbocycles. The average Bonchev–Trinajstić information content (AvgIpc) is 2.45. The van der Waals surface area contributed by atoms with Gasteiger partial charge in [-0.25, -0.2) is 0 Å². The molecule has 0 radical (unpaired) electrons. The van der Waals surface area contributed by atoms with Crippen LogP contribution < -0.4 is 5.32 Å². The molecule has 19 heavy (non-hydrogen) atoms. The number of benzene rings is 1. The van der Waals surface area contributed by atoms with Crippen LogP contribution in [0.5, 0.6) is 0 Å². The van der Waals surface area contributed by atoms with Crippen molar-refractivity contribution in [3.8, 4) is 0 Å². The molecule has 5 nitrogen and oxygen atoms in total. The van der Waals surface area contributed by atoms with Gasteiger partial charge in [0, 0.05) is 39.5 Å². The van der Waals surface area contributed by atoms with E-state index in [0.717, 1.165) is 5.69 Å². The second kappa shape index (κ2) is 8.06. The van der Waals surface area contributed by atoms with E-state index in [4.69, 9.17) is 13.3 Å². The molecule has 0 aromatic heterocycles. The van der Waals surface area contributed by atoms with Gasteiger partial charge in [-0.1, -0.05) is 18.2 Å². The highest BCUT2D eigenvalue weighted by atomic mass is 28.4. The lowest BCUT2D eigenvalue weighted by molar-refractivity contribution is -0.116. The van der Waals surface area contributed by atoms with Crippen molar-refractivity contribution in [1.82, 2.24) is 0 Å². The van der Waals surface area contributed by atoms with Gasteiger partial charge in [0.05, 0.1) is 0 Å². The maximum Gasteiger partial charge on any atom is 0.500 e. The molecule has 1 rings (SSSR count). The van der Waals surface area contributed by atoms with Crippen LogP contribution in [0.4, 0.5) is 5.69 Å². The lowest BCUT2D eigenvalue weighted by Crippen LogP contribution is -2.42. The Kier molecular flexibility index (Phi) is 6.72. The summed E-state index contributed by atoms with van der Waals surface area (Å²) in [5.41, 5.74) is 0.807. The number of amides is 1. The molecular formula is C13H21NO4Si. The van der Waals surface area contributed by atoms with Crippen molar-refractivity contribution < 1.29 is 18.1 Å². The summed E-state index contributed by atoms with van der Waals surface area (Å²) in [5, 5.41) is 2.84. The second-order valence-corrected chi connectivity index (χ2v) is 7.15. The number of carbonyl (C=O) groups is 1. The summed E-state index contributed by atoms with van der Waals surface area (Å²) in [6, 6.07) is 10.0. The first-order valence-corrected chi connectivity index (χ1v) is 8.09. The molecule has 0 aliphatic heterocycles. The first kappa shape index (κ1) is 15.8. The first-order chi connectivity index (χ1) is 9.15. The zero-order chi connectivity index (χ0) is 14.1. The number of hydrogen-bond donors (Lipinski definition) is 1. The Hall–Kier alpha value is -1.21. The van der Waals surface area contributed by atoms with Crippen molar-refractivity contribution in [3.63, 3.8) is 0 Å². The molecule has 0 atom stereocenters. The fourth-order valence-corrected chi connectivity index (χ4v) is 3.49. The lowest BCUT2D eigenvalue weighted by Gasteiger charge is -2.24. The third kappa shape index (κ3) is 5.12. The quantitative estimate of drug-likeness (QED) is 0.744. The van der Waals surface area contributed by atoms with Crippen molar-refractivity contribution in [2.45, 2.75) is 18.9 Å². The summed E-state index contributed by atoms with van der Waals surface area (Å²) < 4.78 is 15.9. The fourth-order valence-electron chi connectivity index (χ4n) is 1.77. The molecule has 0 heterocycles. The summed E-state index contributed by atoms with van der Waals surface area (Å²) in [6.07, 6.45) is 1.08. The SMILES string of the molecule is CO[Si](CCCC(=O)Nc1ccccc1)(OC)OC. The van der Waals surface area contributed by atoms with Crippen molar-refractivity contribution in [3.05, 3.63) is 30.3 Å². The van der Waals surface area contributed by atoms with Crippen molar-refractivity contribution >= 4 is 20.4 Å². The van der Waals surface area contributed by atoms with Gasteiger partial charge in [-0.05, 0) is 18.6 Å². The van der Waals surface area contributed by atoms with E-state index in [1.807, 2.05) is 30.3 Å². The van der Waals surface area contributed by atoms with Gasteiger partial charge in [0.2, 0.25) is 5.91 Å². The molecule has 0 spiro atoms. The van der Waals surface area contributed by atoms with Gasteiger partial charge in [0.15, 0.2) is 0 Å². The molecule has 1 amide bonds. The summed E-state index contributed by atoms with van der Waals surface area (Å²) in [6.45, 7) is 0. The summed E-state index contributed by atoms with van der Waals surface area (Å²) in [4.78, 5) is 11.7. The first-order valence-electron chi connectivity index (χ1n) is 6.16. The number of carbonyl (C=O) groups excluding carboxylic acids is 1.